The summed E-state index contributed by atoms with van der Waals surface area (Å²) < 4.78 is 27.5. The van der Waals surface area contributed by atoms with Crippen LogP contribution in [0, 0.1) is 39.9 Å². The first-order valence-electron chi connectivity index (χ1n) is 12.9. The molecule has 231 valence electrons. The molecule has 1 radical (unpaired) electrons. The molecule has 2 atom stereocenters. The number of aliphatic carboxylic acids is 3. The second-order valence-corrected chi connectivity index (χ2v) is 12.0. The minimum Gasteiger partial charge on any atom is -0.549 e. The summed E-state index contributed by atoms with van der Waals surface area (Å²) in [5.41, 5.74) is 0.660. The molecule has 1 fully saturated rings. The number of carboxylic acid groups (broad SMARTS) is 3. The summed E-state index contributed by atoms with van der Waals surface area (Å²) in [5, 5.41) is 44.8. The van der Waals surface area contributed by atoms with Crippen LogP contribution >= 0.6 is 0 Å². The zero-order valence-corrected chi connectivity index (χ0v) is 26.3. The maximum atomic E-state index is 13.1. The Balaban J connectivity index is 0.00000840. The molecule has 1 aromatic rings. The second kappa shape index (κ2) is 18.4. The van der Waals surface area contributed by atoms with Gasteiger partial charge in [0, 0.05) is 78.5 Å². The number of benzene rings is 1. The average Bonchev–Trinajstić information content (AvgIpc) is 2.83. The van der Waals surface area contributed by atoms with Crippen molar-refractivity contribution in [1.82, 2.24) is 23.9 Å². The van der Waals surface area contributed by atoms with E-state index in [9.17, 15) is 43.2 Å². The van der Waals surface area contributed by atoms with Gasteiger partial charge in [-0.05, 0) is 12.5 Å². The number of carbonyl (C=O) groups excluding carboxylic acids is 3. The van der Waals surface area contributed by atoms with E-state index in [-0.39, 0.29) is 98.8 Å². The van der Waals surface area contributed by atoms with Gasteiger partial charge in [0.15, 0.2) is 0 Å². The van der Waals surface area contributed by atoms with E-state index in [2.05, 4.69) is 0 Å². The van der Waals surface area contributed by atoms with Gasteiger partial charge in [-0.1, -0.05) is 30.3 Å². The van der Waals surface area contributed by atoms with E-state index in [0.29, 0.717) is 5.56 Å². The first-order valence-corrected chi connectivity index (χ1v) is 14.8. The van der Waals surface area contributed by atoms with E-state index in [1.807, 2.05) is 0 Å². The molecule has 1 heterocycles. The van der Waals surface area contributed by atoms with Gasteiger partial charge >= 0.3 is 39.9 Å². The van der Waals surface area contributed by atoms with Crippen LogP contribution in [0.15, 0.2) is 30.3 Å². The minimum atomic E-state index is -3.93. The number of carbonyl (C=O) groups is 3. The summed E-state index contributed by atoms with van der Waals surface area (Å²) in [5.74, 6) is -4.13. The maximum Gasteiger partial charge on any atom is 3.00 e. The molecule has 1 saturated heterocycles. The van der Waals surface area contributed by atoms with Crippen molar-refractivity contribution in [3.8, 4) is 0 Å². The van der Waals surface area contributed by atoms with E-state index in [1.54, 1.807) is 47.1 Å². The Hall–Kier alpha value is -1.34. The molecule has 0 amide bonds. The summed E-state index contributed by atoms with van der Waals surface area (Å²) in [7, 11) is -3.93. The van der Waals surface area contributed by atoms with Crippen LogP contribution in [0.2, 0.25) is 0 Å². The van der Waals surface area contributed by atoms with Crippen molar-refractivity contribution < 1.29 is 83.2 Å². The van der Waals surface area contributed by atoms with Gasteiger partial charge < -0.3 is 34.8 Å². The summed E-state index contributed by atoms with van der Waals surface area (Å²) in [6.07, 6.45) is -0.852. The Morgan fingerprint density at radius 1 is 0.878 bits per heavy atom. The third-order valence-corrected chi connectivity index (χ3v) is 7.74. The number of hydrogen-bond acceptors (Lipinski definition) is 13. The smallest absolute Gasteiger partial charge is 0.549 e. The largest absolute Gasteiger partial charge is 3.00 e. The SMILES string of the molecule is CC(O)CN1CCN(CC(=O)[O-])CCN(CC(=O)[O-])CCN(CC(=O)[O-])C(N(Cc2ccccc2)S(C)(=O)=O)C1.[Gd+3]. The van der Waals surface area contributed by atoms with Crippen molar-refractivity contribution in [2.45, 2.75) is 25.7 Å². The fraction of sp³-hybridized carbons (Fsp3) is 0.640. The van der Waals surface area contributed by atoms with Gasteiger partial charge in [-0.3, -0.25) is 19.6 Å². The van der Waals surface area contributed by atoms with Gasteiger partial charge in [0.2, 0.25) is 10.0 Å². The molecule has 1 N–H and O–H groups in total. The predicted molar refractivity (Wildman–Crippen MR) is 138 cm³/mol. The van der Waals surface area contributed by atoms with Crippen molar-refractivity contribution >= 4 is 27.9 Å². The van der Waals surface area contributed by atoms with Gasteiger partial charge in [0.25, 0.3) is 0 Å². The van der Waals surface area contributed by atoms with Crippen LogP contribution < -0.4 is 15.3 Å². The number of β-amino-alcohol motifs (C(OH)–C–C–N with tert-alkyl or cyclic N) is 1. The number of rotatable bonds is 12. The van der Waals surface area contributed by atoms with Gasteiger partial charge in [-0.25, -0.2) is 8.42 Å². The summed E-state index contributed by atoms with van der Waals surface area (Å²) >= 11 is 0. The molecule has 41 heavy (non-hydrogen) atoms. The van der Waals surface area contributed by atoms with Gasteiger partial charge in [0.1, 0.15) is 0 Å². The van der Waals surface area contributed by atoms with Crippen molar-refractivity contribution in [2.75, 3.05) is 78.2 Å². The molecular weight excluding hydrogens is 704 g/mol. The molecule has 1 aromatic carbocycles. The number of hydrogen-bond donors (Lipinski definition) is 1. The van der Waals surface area contributed by atoms with Crippen LogP contribution in [0.1, 0.15) is 12.5 Å². The second-order valence-electron chi connectivity index (χ2n) is 10.0. The van der Waals surface area contributed by atoms with Crippen molar-refractivity contribution in [3.05, 3.63) is 35.9 Å². The van der Waals surface area contributed by atoms with Crippen molar-refractivity contribution in [3.63, 3.8) is 0 Å². The van der Waals surface area contributed by atoms with E-state index in [1.165, 1.54) is 14.1 Å². The summed E-state index contributed by atoms with van der Waals surface area (Å²) in [6.45, 7) is 0.695. The molecule has 14 nitrogen and oxygen atoms in total. The van der Waals surface area contributed by atoms with E-state index < -0.39 is 59.8 Å². The fourth-order valence-electron chi connectivity index (χ4n) is 4.70. The zero-order valence-electron chi connectivity index (χ0n) is 23.2. The molecule has 1 aliphatic heterocycles. The molecule has 0 saturated carbocycles. The standard InChI is InChI=1S/C25H41N5O9S.Gd/c1-20(31)14-28-11-10-26(17-23(32)33)8-9-27(18-24(34)35)12-13-29(19-25(36)37)22(16-28)30(40(2,38)39)15-21-6-4-3-5-7-21;/h3-7,20,22,31H,8-19H2,1-2H3,(H,32,33)(H,34,35)(H,36,37);/q;+3/p-3. The molecule has 0 spiro atoms. The van der Waals surface area contributed by atoms with E-state index in [0.717, 1.165) is 6.26 Å². The van der Waals surface area contributed by atoms with E-state index in [4.69, 9.17) is 0 Å². The Morgan fingerprint density at radius 2 is 1.34 bits per heavy atom. The monoisotopic (exact) mass is 742 g/mol. The number of aliphatic hydroxyl groups excluding tert-OH is 1. The summed E-state index contributed by atoms with van der Waals surface area (Å²) in [4.78, 5) is 40.8. The molecule has 1 aliphatic rings. The molecule has 16 heteroatoms. The van der Waals surface area contributed by atoms with Crippen LogP contribution in [0.3, 0.4) is 0 Å². The number of sulfonamides is 1. The number of nitrogens with zero attached hydrogens (tertiary/aromatic N) is 5. The normalized spacial score (nSPS) is 20.0. The number of aliphatic hydroxyl groups is 1. The average molecular weight is 742 g/mol. The molecule has 0 aromatic heterocycles. The Morgan fingerprint density at radius 3 is 1.78 bits per heavy atom. The van der Waals surface area contributed by atoms with Crippen LogP contribution in [-0.4, -0.2) is 146 Å². The maximum absolute atomic E-state index is 13.1. The zero-order chi connectivity index (χ0) is 29.9. The van der Waals surface area contributed by atoms with E-state index >= 15 is 0 Å². The van der Waals surface area contributed by atoms with Crippen LogP contribution in [0.4, 0.5) is 0 Å². The van der Waals surface area contributed by atoms with Gasteiger partial charge in [0.05, 0.1) is 36.4 Å². The van der Waals surface area contributed by atoms with Crippen LogP contribution in [0.25, 0.3) is 0 Å². The molecule has 2 rings (SSSR count). The van der Waals surface area contributed by atoms with Crippen molar-refractivity contribution in [2.24, 2.45) is 0 Å². The number of carboxylic acids is 3. The molecule has 2 unspecified atom stereocenters. The van der Waals surface area contributed by atoms with Crippen LogP contribution in [0.5, 0.6) is 0 Å². The predicted octanol–water partition coefficient (Wildman–Crippen LogP) is -5.37. The molecular formula is C25H38GdN5O9S. The Kier molecular flexibility index (Phi) is 16.9. The van der Waals surface area contributed by atoms with Crippen molar-refractivity contribution in [1.29, 1.82) is 0 Å². The first kappa shape index (κ1) is 37.7. The fourth-order valence-corrected chi connectivity index (χ4v) is 5.72. The summed E-state index contributed by atoms with van der Waals surface area (Å²) in [6, 6.07) is 8.76. The molecule has 0 bridgehead atoms. The third kappa shape index (κ3) is 14.6. The Labute approximate surface area is 273 Å². The topological polar surface area (TPSA) is 191 Å². The minimum absolute atomic E-state index is 0. The quantitative estimate of drug-likeness (QED) is 0.214. The molecule has 0 aliphatic carbocycles. The Bertz CT molecular complexity index is 1080. The first-order chi connectivity index (χ1) is 18.7. The third-order valence-electron chi connectivity index (χ3n) is 6.51. The van der Waals surface area contributed by atoms with Gasteiger partial charge in [-0.15, -0.1) is 0 Å². The van der Waals surface area contributed by atoms with Crippen LogP contribution in [-0.2, 0) is 31.0 Å². The van der Waals surface area contributed by atoms with Gasteiger partial charge in [-0.2, -0.15) is 4.31 Å².